The van der Waals surface area contributed by atoms with Gasteiger partial charge in [-0.05, 0) is 36.4 Å². The van der Waals surface area contributed by atoms with Gasteiger partial charge in [0.2, 0.25) is 16.0 Å². The number of ether oxygens (including phenoxy) is 1. The van der Waals surface area contributed by atoms with E-state index in [1.165, 1.54) is 0 Å². The van der Waals surface area contributed by atoms with E-state index in [0.717, 1.165) is 5.56 Å². The van der Waals surface area contributed by atoms with Crippen LogP contribution in [0, 0.1) is 11.3 Å². The summed E-state index contributed by atoms with van der Waals surface area (Å²) < 4.78 is 31.7. The lowest BCUT2D eigenvalue weighted by atomic mass is 10.1. The number of aromatic carboxylic acids is 1. The topological polar surface area (TPSA) is 158 Å². The van der Waals surface area contributed by atoms with E-state index in [1.807, 2.05) is 11.0 Å². The van der Waals surface area contributed by atoms with Gasteiger partial charge < -0.3 is 20.1 Å². The molecule has 0 saturated carbocycles. The van der Waals surface area contributed by atoms with Crippen LogP contribution < -0.4 is 14.9 Å². The highest BCUT2D eigenvalue weighted by Crippen LogP contribution is 2.27. The zero-order valence-electron chi connectivity index (χ0n) is 19.2. The molecule has 12 heteroatoms. The Kier molecular flexibility index (Phi) is 7.62. The molecular formula is C24H24N6O5S. The van der Waals surface area contributed by atoms with Gasteiger partial charge in [-0.1, -0.05) is 12.1 Å². The number of anilines is 4. The van der Waals surface area contributed by atoms with Crippen molar-refractivity contribution in [1.82, 2.24) is 9.97 Å². The number of nitrogens with one attached hydrogen (secondary N) is 2. The summed E-state index contributed by atoms with van der Waals surface area (Å²) in [5, 5.41) is 21.4. The maximum absolute atomic E-state index is 12.0. The summed E-state index contributed by atoms with van der Waals surface area (Å²) in [5.41, 5.74) is 3.04. The van der Waals surface area contributed by atoms with Gasteiger partial charge in [0.15, 0.2) is 0 Å². The summed E-state index contributed by atoms with van der Waals surface area (Å²) in [6.07, 6.45) is 1.48. The lowest BCUT2D eigenvalue weighted by Crippen LogP contribution is -2.37. The molecule has 1 aromatic heterocycles. The van der Waals surface area contributed by atoms with Crippen molar-refractivity contribution in [3.8, 4) is 17.3 Å². The fourth-order valence-electron chi connectivity index (χ4n) is 3.69. The molecule has 0 bridgehead atoms. The van der Waals surface area contributed by atoms with Gasteiger partial charge in [0, 0.05) is 36.2 Å². The standard InChI is InChI=1S/C24H24N6O5S/c25-9-1-15-36(33,34)29-18-4-2-17(3-5-18)21-8-10-26-24(28-21)27-19-6-7-22(20(16-19)23(31)32)30-11-13-35-14-12-30/h2-8,10,16,29H,1,11-15H2,(H,31,32)(H,26,27,28). The monoisotopic (exact) mass is 508 g/mol. The summed E-state index contributed by atoms with van der Waals surface area (Å²) in [6.45, 7) is 2.35. The van der Waals surface area contributed by atoms with Gasteiger partial charge in [-0.2, -0.15) is 5.26 Å². The Hall–Kier alpha value is -4.21. The second-order valence-corrected chi connectivity index (χ2v) is 9.78. The molecule has 0 amide bonds. The van der Waals surface area contributed by atoms with Gasteiger partial charge >= 0.3 is 5.97 Å². The largest absolute Gasteiger partial charge is 0.478 e. The van der Waals surface area contributed by atoms with E-state index in [4.69, 9.17) is 10.00 Å². The van der Waals surface area contributed by atoms with Gasteiger partial charge in [-0.25, -0.2) is 23.2 Å². The van der Waals surface area contributed by atoms with Gasteiger partial charge in [0.25, 0.3) is 0 Å². The van der Waals surface area contributed by atoms with E-state index < -0.39 is 16.0 Å². The molecule has 1 saturated heterocycles. The number of morpholine rings is 1. The summed E-state index contributed by atoms with van der Waals surface area (Å²) in [7, 11) is -3.59. The predicted molar refractivity (Wildman–Crippen MR) is 135 cm³/mol. The van der Waals surface area contributed by atoms with Crippen molar-refractivity contribution in [3.63, 3.8) is 0 Å². The van der Waals surface area contributed by atoms with Gasteiger partial charge in [-0.3, -0.25) is 4.72 Å². The lowest BCUT2D eigenvalue weighted by molar-refractivity contribution is 0.0696. The second kappa shape index (κ2) is 11.0. The highest BCUT2D eigenvalue weighted by molar-refractivity contribution is 7.92. The van der Waals surface area contributed by atoms with Crippen LogP contribution in [0.5, 0.6) is 0 Å². The average molecular weight is 509 g/mol. The maximum atomic E-state index is 12.0. The third-order valence-corrected chi connectivity index (χ3v) is 6.72. The molecule has 3 aromatic rings. The number of aromatic nitrogens is 2. The molecule has 0 aliphatic carbocycles. The van der Waals surface area contributed by atoms with E-state index in [0.29, 0.717) is 49.1 Å². The molecule has 1 aliphatic heterocycles. The van der Waals surface area contributed by atoms with Gasteiger partial charge in [0.1, 0.15) is 0 Å². The first-order valence-electron chi connectivity index (χ1n) is 11.1. The number of carboxylic acids is 1. The van der Waals surface area contributed by atoms with Crippen molar-refractivity contribution in [2.45, 2.75) is 6.42 Å². The highest BCUT2D eigenvalue weighted by atomic mass is 32.2. The number of nitriles is 1. The van der Waals surface area contributed by atoms with E-state index >= 15 is 0 Å². The molecule has 4 rings (SSSR count). The van der Waals surface area contributed by atoms with Crippen molar-refractivity contribution in [2.75, 3.05) is 47.0 Å². The fraction of sp³-hybridized carbons (Fsp3) is 0.250. The molecule has 2 aromatic carbocycles. The Balaban J connectivity index is 1.50. The maximum Gasteiger partial charge on any atom is 0.337 e. The molecular weight excluding hydrogens is 484 g/mol. The number of hydrogen-bond donors (Lipinski definition) is 3. The molecule has 186 valence electrons. The molecule has 36 heavy (non-hydrogen) atoms. The molecule has 3 N–H and O–H groups in total. The van der Waals surface area contributed by atoms with Crippen LogP contribution in [0.15, 0.2) is 54.7 Å². The minimum absolute atomic E-state index is 0.0893. The predicted octanol–water partition coefficient (Wildman–Crippen LogP) is 3.08. The van der Waals surface area contributed by atoms with Crippen LogP contribution in [0.3, 0.4) is 0 Å². The molecule has 1 aliphatic rings. The number of nitrogens with zero attached hydrogens (tertiary/aromatic N) is 4. The Bertz CT molecular complexity index is 1380. The minimum atomic E-state index is -3.59. The number of carbonyl (C=O) groups is 1. The van der Waals surface area contributed by atoms with Crippen LogP contribution in [0.1, 0.15) is 16.8 Å². The average Bonchev–Trinajstić information content (AvgIpc) is 2.88. The minimum Gasteiger partial charge on any atom is -0.478 e. The highest BCUT2D eigenvalue weighted by Gasteiger charge is 2.19. The second-order valence-electron chi connectivity index (χ2n) is 7.93. The normalized spacial score (nSPS) is 13.6. The van der Waals surface area contributed by atoms with Crippen molar-refractivity contribution in [2.24, 2.45) is 0 Å². The number of rotatable bonds is 9. The van der Waals surface area contributed by atoms with Crippen molar-refractivity contribution in [3.05, 3.63) is 60.3 Å². The molecule has 0 unspecified atom stereocenters. The lowest BCUT2D eigenvalue weighted by Gasteiger charge is -2.30. The molecule has 2 heterocycles. The first-order chi connectivity index (χ1) is 17.3. The van der Waals surface area contributed by atoms with Crippen LogP contribution >= 0.6 is 0 Å². The Morgan fingerprint density at radius 3 is 2.53 bits per heavy atom. The van der Waals surface area contributed by atoms with E-state index in [1.54, 1.807) is 54.7 Å². The smallest absolute Gasteiger partial charge is 0.337 e. The third-order valence-electron chi connectivity index (χ3n) is 5.43. The molecule has 0 radical (unpaired) electrons. The number of carboxylic acid groups (broad SMARTS) is 1. The third kappa shape index (κ3) is 6.26. The fourth-order valence-corrected chi connectivity index (χ4v) is 4.65. The SMILES string of the molecule is N#CCCS(=O)(=O)Nc1ccc(-c2ccnc(Nc3ccc(N4CCOCC4)c(C(=O)O)c3)n2)cc1. The molecule has 1 fully saturated rings. The quantitative estimate of drug-likeness (QED) is 0.392. The first-order valence-corrected chi connectivity index (χ1v) is 12.8. The van der Waals surface area contributed by atoms with E-state index in [9.17, 15) is 18.3 Å². The van der Waals surface area contributed by atoms with Crippen LogP contribution in [0.25, 0.3) is 11.3 Å². The van der Waals surface area contributed by atoms with Gasteiger partial charge in [-0.15, -0.1) is 0 Å². The van der Waals surface area contributed by atoms with E-state index in [-0.39, 0.29) is 23.7 Å². The Morgan fingerprint density at radius 2 is 1.83 bits per heavy atom. The van der Waals surface area contributed by atoms with Crippen LogP contribution in [-0.2, 0) is 14.8 Å². The van der Waals surface area contributed by atoms with Crippen LogP contribution in [0.4, 0.5) is 23.0 Å². The summed E-state index contributed by atoms with van der Waals surface area (Å²) >= 11 is 0. The number of hydrogen-bond acceptors (Lipinski definition) is 9. The molecule has 11 nitrogen and oxygen atoms in total. The number of sulfonamides is 1. The zero-order valence-corrected chi connectivity index (χ0v) is 20.0. The van der Waals surface area contributed by atoms with Gasteiger partial charge in [0.05, 0.1) is 48.4 Å². The van der Waals surface area contributed by atoms with Crippen molar-refractivity contribution < 1.29 is 23.1 Å². The number of benzene rings is 2. The van der Waals surface area contributed by atoms with Crippen molar-refractivity contribution in [1.29, 1.82) is 5.26 Å². The Morgan fingerprint density at radius 1 is 1.11 bits per heavy atom. The summed E-state index contributed by atoms with van der Waals surface area (Å²) in [5.74, 6) is -1.02. The zero-order chi connectivity index (χ0) is 25.5. The summed E-state index contributed by atoms with van der Waals surface area (Å²) in [6, 6.07) is 15.3. The van der Waals surface area contributed by atoms with Crippen LogP contribution in [0.2, 0.25) is 0 Å². The van der Waals surface area contributed by atoms with Crippen molar-refractivity contribution >= 4 is 39.0 Å². The summed E-state index contributed by atoms with van der Waals surface area (Å²) in [4.78, 5) is 22.6. The molecule has 0 atom stereocenters. The van der Waals surface area contributed by atoms with E-state index in [2.05, 4.69) is 20.0 Å². The molecule has 0 spiro atoms. The first kappa shape index (κ1) is 24.9. The van der Waals surface area contributed by atoms with Crippen LogP contribution in [-0.4, -0.2) is 61.5 Å². The Labute approximate surface area is 208 Å².